The number of rotatable bonds is 8. The summed E-state index contributed by atoms with van der Waals surface area (Å²) < 4.78 is 5.40. The highest BCUT2D eigenvalue weighted by Crippen LogP contribution is 2.27. The number of nitrogens with zero attached hydrogens (tertiary/aromatic N) is 3. The van der Waals surface area contributed by atoms with Gasteiger partial charge in [0.2, 0.25) is 11.8 Å². The Kier molecular flexibility index (Phi) is 6.25. The third kappa shape index (κ3) is 4.50. The summed E-state index contributed by atoms with van der Waals surface area (Å²) in [7, 11) is 0. The average molecular weight is 298 g/mol. The van der Waals surface area contributed by atoms with Crippen LogP contribution in [0.3, 0.4) is 0 Å². The predicted octanol–water partition coefficient (Wildman–Crippen LogP) is 1.45. The lowest BCUT2D eigenvalue weighted by atomic mass is 10.1. The summed E-state index contributed by atoms with van der Waals surface area (Å²) >= 11 is 0. The van der Waals surface area contributed by atoms with E-state index in [1.165, 1.54) is 0 Å². The predicted molar refractivity (Wildman–Crippen MR) is 80.0 cm³/mol. The van der Waals surface area contributed by atoms with Crippen LogP contribution < -0.4 is 16.6 Å². The summed E-state index contributed by atoms with van der Waals surface area (Å²) in [5, 5.41) is 14.3. The van der Waals surface area contributed by atoms with E-state index in [2.05, 4.69) is 20.7 Å². The Morgan fingerprint density at radius 1 is 1.43 bits per heavy atom. The Balaban J connectivity index is 3.13. The number of nitrogen functional groups attached to an aromatic ring is 1. The molecule has 1 aromatic heterocycles. The molecule has 0 amide bonds. The van der Waals surface area contributed by atoms with E-state index in [-0.39, 0.29) is 35.1 Å². The zero-order valence-corrected chi connectivity index (χ0v) is 12.7. The number of hydrogen-bond acceptors (Lipinski definition) is 8. The fourth-order valence-electron chi connectivity index (χ4n) is 1.77. The van der Waals surface area contributed by atoms with Crippen LogP contribution in [0, 0.1) is 23.0 Å². The monoisotopic (exact) mass is 298 g/mol. The molecule has 0 spiro atoms. The van der Waals surface area contributed by atoms with E-state index in [0.717, 1.165) is 0 Å². The summed E-state index contributed by atoms with van der Waals surface area (Å²) in [6.45, 7) is 8.44. The molecule has 0 aromatic carbocycles. The minimum Gasteiger partial charge on any atom is -0.380 e. The summed E-state index contributed by atoms with van der Waals surface area (Å²) in [5.74, 6) is 5.76. The average Bonchev–Trinajstić information content (AvgIpc) is 2.41. The van der Waals surface area contributed by atoms with Gasteiger partial charge in [0.1, 0.15) is 5.69 Å². The lowest BCUT2D eigenvalue weighted by molar-refractivity contribution is -0.385. The van der Waals surface area contributed by atoms with Gasteiger partial charge in [-0.1, -0.05) is 13.8 Å². The van der Waals surface area contributed by atoms with E-state index in [1.54, 1.807) is 6.92 Å². The normalized spacial score (nSPS) is 12.3. The highest BCUT2D eigenvalue weighted by molar-refractivity contribution is 5.61. The molecule has 0 aliphatic heterocycles. The van der Waals surface area contributed by atoms with E-state index < -0.39 is 4.92 Å². The fraction of sp³-hybridized carbons (Fsp3) is 0.667. The molecule has 0 fully saturated rings. The maximum Gasteiger partial charge on any atom is 0.332 e. The standard InChI is InChI=1S/C12H22N6O3/c1-5-21-6-9(7(2)3)15-11-10(18(19)20)8(4)14-12(16-11)17-13/h7,9H,5-6,13H2,1-4H3,(H2,14,15,16,17). The van der Waals surface area contributed by atoms with Gasteiger partial charge in [-0.05, 0) is 19.8 Å². The number of aromatic nitrogens is 2. The molecule has 1 unspecified atom stereocenters. The van der Waals surface area contributed by atoms with Gasteiger partial charge in [-0.25, -0.2) is 10.8 Å². The van der Waals surface area contributed by atoms with Crippen molar-refractivity contribution in [1.29, 1.82) is 0 Å². The molecule has 118 valence electrons. The van der Waals surface area contributed by atoms with Crippen LogP contribution >= 0.6 is 0 Å². The van der Waals surface area contributed by atoms with Crippen LogP contribution in [0.5, 0.6) is 0 Å². The van der Waals surface area contributed by atoms with E-state index in [0.29, 0.717) is 13.2 Å². The van der Waals surface area contributed by atoms with Crippen LogP contribution in [-0.2, 0) is 4.74 Å². The van der Waals surface area contributed by atoms with Gasteiger partial charge in [0.25, 0.3) is 0 Å². The van der Waals surface area contributed by atoms with Crippen LogP contribution in [0.25, 0.3) is 0 Å². The number of nitro groups is 1. The summed E-state index contributed by atoms with van der Waals surface area (Å²) in [5.41, 5.74) is 2.39. The van der Waals surface area contributed by atoms with Crippen molar-refractivity contribution in [1.82, 2.24) is 9.97 Å². The minimum absolute atomic E-state index is 0.108. The topological polar surface area (TPSA) is 128 Å². The van der Waals surface area contributed by atoms with Gasteiger partial charge in [-0.3, -0.25) is 15.5 Å². The molecule has 1 aromatic rings. The second kappa shape index (κ2) is 7.70. The lowest BCUT2D eigenvalue weighted by Crippen LogP contribution is -2.32. The van der Waals surface area contributed by atoms with Crippen molar-refractivity contribution in [3.8, 4) is 0 Å². The van der Waals surface area contributed by atoms with Crippen LogP contribution in [0.4, 0.5) is 17.5 Å². The summed E-state index contributed by atoms with van der Waals surface area (Å²) in [6, 6.07) is -0.108. The van der Waals surface area contributed by atoms with Crippen LogP contribution in [0.2, 0.25) is 0 Å². The second-order valence-corrected chi connectivity index (χ2v) is 4.89. The molecule has 4 N–H and O–H groups in total. The van der Waals surface area contributed by atoms with Crippen molar-refractivity contribution in [2.24, 2.45) is 11.8 Å². The number of nitrogens with two attached hydrogens (primary N) is 1. The van der Waals surface area contributed by atoms with E-state index in [1.807, 2.05) is 20.8 Å². The molecule has 1 atom stereocenters. The third-order valence-corrected chi connectivity index (χ3v) is 3.00. The SMILES string of the molecule is CCOCC(Nc1nc(NN)nc(C)c1[N+](=O)[O-])C(C)C. The Morgan fingerprint density at radius 3 is 2.57 bits per heavy atom. The number of hydrazine groups is 1. The molecule has 0 saturated carbocycles. The van der Waals surface area contributed by atoms with Gasteiger partial charge in [-0.15, -0.1) is 0 Å². The Bertz CT molecular complexity index is 494. The quantitative estimate of drug-likeness (QED) is 0.373. The highest BCUT2D eigenvalue weighted by atomic mass is 16.6. The van der Waals surface area contributed by atoms with Crippen molar-refractivity contribution >= 4 is 17.5 Å². The highest BCUT2D eigenvalue weighted by Gasteiger charge is 2.25. The van der Waals surface area contributed by atoms with E-state index in [9.17, 15) is 10.1 Å². The van der Waals surface area contributed by atoms with Gasteiger partial charge in [0, 0.05) is 6.61 Å². The first-order valence-electron chi connectivity index (χ1n) is 6.74. The first kappa shape index (κ1) is 17.1. The molecule has 0 saturated heterocycles. The molecule has 21 heavy (non-hydrogen) atoms. The smallest absolute Gasteiger partial charge is 0.332 e. The number of anilines is 2. The summed E-state index contributed by atoms with van der Waals surface area (Å²) in [6.07, 6.45) is 0. The maximum atomic E-state index is 11.2. The van der Waals surface area contributed by atoms with Gasteiger partial charge in [0.15, 0.2) is 0 Å². The molecule has 9 nitrogen and oxygen atoms in total. The summed E-state index contributed by atoms with van der Waals surface area (Å²) in [4.78, 5) is 18.7. The third-order valence-electron chi connectivity index (χ3n) is 3.00. The Hall–Kier alpha value is -2.00. The van der Waals surface area contributed by atoms with Crippen molar-refractivity contribution in [2.45, 2.75) is 33.7 Å². The van der Waals surface area contributed by atoms with Crippen LogP contribution in [0.15, 0.2) is 0 Å². The fourth-order valence-corrected chi connectivity index (χ4v) is 1.77. The Morgan fingerprint density at radius 2 is 2.10 bits per heavy atom. The van der Waals surface area contributed by atoms with Gasteiger partial charge < -0.3 is 10.1 Å². The Labute approximate surface area is 123 Å². The molecular formula is C12H22N6O3. The number of hydrogen-bond donors (Lipinski definition) is 3. The van der Waals surface area contributed by atoms with Crippen LogP contribution in [0.1, 0.15) is 26.5 Å². The van der Waals surface area contributed by atoms with Crippen molar-refractivity contribution in [3.63, 3.8) is 0 Å². The minimum atomic E-state index is -0.504. The van der Waals surface area contributed by atoms with Gasteiger partial charge in [0.05, 0.1) is 17.6 Å². The van der Waals surface area contributed by atoms with Crippen LogP contribution in [-0.4, -0.2) is 34.1 Å². The number of aryl methyl sites for hydroxylation is 1. The molecular weight excluding hydrogens is 276 g/mol. The number of nitrogens with one attached hydrogen (secondary N) is 2. The van der Waals surface area contributed by atoms with Gasteiger partial charge >= 0.3 is 5.69 Å². The number of ether oxygens (including phenoxy) is 1. The second-order valence-electron chi connectivity index (χ2n) is 4.89. The first-order valence-corrected chi connectivity index (χ1v) is 6.74. The lowest BCUT2D eigenvalue weighted by Gasteiger charge is -2.22. The molecule has 0 aliphatic rings. The largest absolute Gasteiger partial charge is 0.380 e. The van der Waals surface area contributed by atoms with Crippen molar-refractivity contribution in [3.05, 3.63) is 15.8 Å². The molecule has 0 bridgehead atoms. The molecule has 9 heteroatoms. The van der Waals surface area contributed by atoms with E-state index in [4.69, 9.17) is 10.6 Å². The van der Waals surface area contributed by atoms with Crippen molar-refractivity contribution < 1.29 is 9.66 Å². The zero-order valence-electron chi connectivity index (χ0n) is 12.7. The maximum absolute atomic E-state index is 11.2. The first-order chi connectivity index (χ1) is 9.90. The molecule has 0 aliphatic carbocycles. The van der Waals surface area contributed by atoms with Crippen molar-refractivity contribution in [2.75, 3.05) is 24.0 Å². The molecule has 1 heterocycles. The van der Waals surface area contributed by atoms with Gasteiger partial charge in [-0.2, -0.15) is 4.98 Å². The van der Waals surface area contributed by atoms with E-state index >= 15 is 0 Å². The molecule has 0 radical (unpaired) electrons. The molecule has 1 rings (SSSR count). The zero-order chi connectivity index (χ0) is 16.0.